The zero-order valence-corrected chi connectivity index (χ0v) is 15.3. The lowest BCUT2D eigenvalue weighted by Gasteiger charge is -2.49. The molecule has 0 bridgehead atoms. The molecule has 2 atom stereocenters. The Labute approximate surface area is 154 Å². The Balaban J connectivity index is 1.51. The van der Waals surface area contributed by atoms with Crippen LogP contribution in [0, 0.1) is 5.92 Å². The lowest BCUT2D eigenvalue weighted by Crippen LogP contribution is -2.59. The number of halogens is 3. The van der Waals surface area contributed by atoms with Crippen LogP contribution in [0.3, 0.4) is 0 Å². The van der Waals surface area contributed by atoms with Crippen LogP contribution in [-0.4, -0.2) is 41.5 Å². The van der Waals surface area contributed by atoms with Gasteiger partial charge in [-0.15, -0.1) is 0 Å². The van der Waals surface area contributed by atoms with Crippen molar-refractivity contribution in [3.8, 4) is 0 Å². The molecule has 1 aliphatic carbocycles. The van der Waals surface area contributed by atoms with E-state index in [0.717, 1.165) is 31.1 Å². The molecular weight excluding hydrogens is 337 g/mol. The predicted octanol–water partition coefficient (Wildman–Crippen LogP) is 4.93. The lowest BCUT2D eigenvalue weighted by atomic mass is 9.78. The van der Waals surface area contributed by atoms with E-state index in [2.05, 4.69) is 9.80 Å². The van der Waals surface area contributed by atoms with Crippen molar-refractivity contribution in [1.29, 1.82) is 0 Å². The van der Waals surface area contributed by atoms with Gasteiger partial charge in [-0.05, 0) is 55.8 Å². The normalized spacial score (nSPS) is 29.0. The van der Waals surface area contributed by atoms with Crippen LogP contribution in [-0.2, 0) is 12.7 Å². The fourth-order valence-corrected chi connectivity index (χ4v) is 5.47. The zero-order chi connectivity index (χ0) is 18.1. The van der Waals surface area contributed by atoms with Crippen molar-refractivity contribution in [2.75, 3.05) is 19.6 Å². The maximum Gasteiger partial charge on any atom is 0.416 e. The molecule has 0 radical (unpaired) electrons. The second-order valence-corrected chi connectivity index (χ2v) is 8.30. The number of hydrogen-bond donors (Lipinski definition) is 0. The average molecular weight is 366 g/mol. The second-order valence-electron chi connectivity index (χ2n) is 8.30. The van der Waals surface area contributed by atoms with E-state index in [-0.39, 0.29) is 0 Å². The summed E-state index contributed by atoms with van der Waals surface area (Å²) in [5, 5.41) is 0. The standard InChI is InChI=1S/C21H29F3N2/c22-21(23,24)18-10-8-16(9-11-18)15-26-14-13-25-12-4-7-19(25)20(26)17-5-2-1-3-6-17/h8-11,17,19-20H,1-7,12-15H2/t19-,20+/m1/s1. The highest BCUT2D eigenvalue weighted by atomic mass is 19.4. The van der Waals surface area contributed by atoms with E-state index in [9.17, 15) is 13.2 Å². The highest BCUT2D eigenvalue weighted by Crippen LogP contribution is 2.38. The summed E-state index contributed by atoms with van der Waals surface area (Å²) in [6.45, 7) is 4.15. The Bertz CT molecular complexity index is 592. The van der Waals surface area contributed by atoms with Gasteiger partial charge in [0.15, 0.2) is 0 Å². The molecule has 3 fully saturated rings. The van der Waals surface area contributed by atoms with Crippen molar-refractivity contribution in [2.45, 2.75) is 69.8 Å². The molecule has 5 heteroatoms. The van der Waals surface area contributed by atoms with E-state index in [4.69, 9.17) is 0 Å². The fraction of sp³-hybridized carbons (Fsp3) is 0.714. The smallest absolute Gasteiger partial charge is 0.298 e. The summed E-state index contributed by atoms with van der Waals surface area (Å²) in [6.07, 6.45) is 4.99. The fourth-order valence-electron chi connectivity index (χ4n) is 5.47. The van der Waals surface area contributed by atoms with Gasteiger partial charge in [0.05, 0.1) is 5.56 Å². The van der Waals surface area contributed by atoms with Crippen LogP contribution in [0.5, 0.6) is 0 Å². The van der Waals surface area contributed by atoms with Crippen LogP contribution in [0.1, 0.15) is 56.1 Å². The van der Waals surface area contributed by atoms with Gasteiger partial charge in [0.25, 0.3) is 0 Å². The van der Waals surface area contributed by atoms with Gasteiger partial charge >= 0.3 is 6.18 Å². The Morgan fingerprint density at radius 3 is 2.27 bits per heavy atom. The van der Waals surface area contributed by atoms with Gasteiger partial charge in [-0.25, -0.2) is 0 Å². The van der Waals surface area contributed by atoms with Gasteiger partial charge in [-0.3, -0.25) is 9.80 Å². The molecule has 0 spiro atoms. The summed E-state index contributed by atoms with van der Waals surface area (Å²) in [5.74, 6) is 0.754. The molecule has 4 rings (SSSR count). The van der Waals surface area contributed by atoms with Crippen LogP contribution < -0.4 is 0 Å². The minimum atomic E-state index is -4.25. The SMILES string of the molecule is FC(F)(F)c1ccc(CN2CCN3CCC[C@@H]3[C@@H]2C2CCCCC2)cc1. The van der Waals surface area contributed by atoms with Gasteiger partial charge in [0.2, 0.25) is 0 Å². The number of nitrogens with zero attached hydrogens (tertiary/aromatic N) is 2. The van der Waals surface area contributed by atoms with E-state index in [1.807, 2.05) is 0 Å². The van der Waals surface area contributed by atoms with Crippen LogP contribution in [0.15, 0.2) is 24.3 Å². The van der Waals surface area contributed by atoms with E-state index < -0.39 is 11.7 Å². The van der Waals surface area contributed by atoms with Gasteiger partial charge in [0.1, 0.15) is 0 Å². The quantitative estimate of drug-likeness (QED) is 0.748. The monoisotopic (exact) mass is 366 g/mol. The number of rotatable bonds is 3. The van der Waals surface area contributed by atoms with E-state index in [0.29, 0.717) is 12.1 Å². The third kappa shape index (κ3) is 3.79. The maximum absolute atomic E-state index is 12.8. The summed E-state index contributed by atoms with van der Waals surface area (Å²) in [7, 11) is 0. The third-order valence-corrected chi connectivity index (χ3v) is 6.70. The summed E-state index contributed by atoms with van der Waals surface area (Å²) in [5.41, 5.74) is 0.455. The van der Waals surface area contributed by atoms with Crippen molar-refractivity contribution >= 4 is 0 Å². The van der Waals surface area contributed by atoms with Crippen LogP contribution in [0.4, 0.5) is 13.2 Å². The summed E-state index contributed by atoms with van der Waals surface area (Å²) in [6, 6.07) is 7.03. The Kier molecular flexibility index (Phi) is 5.29. The molecule has 2 aliphatic heterocycles. The molecule has 1 saturated carbocycles. The first-order valence-electron chi connectivity index (χ1n) is 10.2. The van der Waals surface area contributed by atoms with Crippen molar-refractivity contribution in [2.24, 2.45) is 5.92 Å². The third-order valence-electron chi connectivity index (χ3n) is 6.70. The minimum absolute atomic E-state index is 0.550. The predicted molar refractivity (Wildman–Crippen MR) is 96.8 cm³/mol. The number of fused-ring (bicyclic) bond motifs is 1. The number of hydrogen-bond acceptors (Lipinski definition) is 2. The van der Waals surface area contributed by atoms with E-state index >= 15 is 0 Å². The number of benzene rings is 1. The van der Waals surface area contributed by atoms with Crippen LogP contribution >= 0.6 is 0 Å². The molecule has 2 saturated heterocycles. The Hall–Kier alpha value is -1.07. The minimum Gasteiger partial charge on any atom is -0.298 e. The number of alkyl halides is 3. The molecule has 0 aromatic heterocycles. The molecule has 2 nitrogen and oxygen atoms in total. The summed E-state index contributed by atoms with van der Waals surface area (Å²) in [4.78, 5) is 5.26. The molecule has 0 N–H and O–H groups in total. The largest absolute Gasteiger partial charge is 0.416 e. The Morgan fingerprint density at radius 2 is 1.58 bits per heavy atom. The molecule has 2 heterocycles. The van der Waals surface area contributed by atoms with Gasteiger partial charge in [-0.2, -0.15) is 13.2 Å². The molecular formula is C21H29F3N2. The highest BCUT2D eigenvalue weighted by molar-refractivity contribution is 5.24. The van der Waals surface area contributed by atoms with E-state index in [1.165, 1.54) is 63.6 Å². The van der Waals surface area contributed by atoms with Gasteiger partial charge in [0, 0.05) is 31.7 Å². The van der Waals surface area contributed by atoms with Crippen LogP contribution in [0.2, 0.25) is 0 Å². The van der Waals surface area contributed by atoms with E-state index in [1.54, 1.807) is 12.1 Å². The van der Waals surface area contributed by atoms with Crippen molar-refractivity contribution < 1.29 is 13.2 Å². The molecule has 1 aromatic carbocycles. The van der Waals surface area contributed by atoms with Crippen molar-refractivity contribution in [3.05, 3.63) is 35.4 Å². The molecule has 1 aromatic rings. The number of piperazine rings is 1. The Morgan fingerprint density at radius 1 is 0.846 bits per heavy atom. The molecule has 26 heavy (non-hydrogen) atoms. The molecule has 144 valence electrons. The zero-order valence-electron chi connectivity index (χ0n) is 15.3. The maximum atomic E-state index is 12.8. The molecule has 0 amide bonds. The summed E-state index contributed by atoms with van der Waals surface area (Å²) >= 11 is 0. The van der Waals surface area contributed by atoms with Crippen molar-refractivity contribution in [3.63, 3.8) is 0 Å². The lowest BCUT2D eigenvalue weighted by molar-refractivity contribution is -0.137. The summed E-state index contributed by atoms with van der Waals surface area (Å²) < 4.78 is 38.4. The first kappa shape index (κ1) is 18.3. The highest BCUT2D eigenvalue weighted by Gasteiger charge is 2.42. The average Bonchev–Trinajstić information content (AvgIpc) is 3.10. The molecule has 0 unspecified atom stereocenters. The van der Waals surface area contributed by atoms with Crippen molar-refractivity contribution in [1.82, 2.24) is 9.80 Å². The topological polar surface area (TPSA) is 6.48 Å². The second kappa shape index (κ2) is 7.51. The van der Waals surface area contributed by atoms with Gasteiger partial charge in [-0.1, -0.05) is 31.4 Å². The molecule has 3 aliphatic rings. The first-order chi connectivity index (χ1) is 12.5. The van der Waals surface area contributed by atoms with Gasteiger partial charge < -0.3 is 0 Å². The first-order valence-corrected chi connectivity index (χ1v) is 10.2. The van der Waals surface area contributed by atoms with Crippen LogP contribution in [0.25, 0.3) is 0 Å².